The minimum atomic E-state index is -0.380. The van der Waals surface area contributed by atoms with Crippen LogP contribution in [0.4, 0.5) is 0 Å². The van der Waals surface area contributed by atoms with E-state index >= 15 is 0 Å². The molecule has 0 spiro atoms. The molecule has 0 fully saturated rings. The number of rotatable bonds is 2. The van der Waals surface area contributed by atoms with Crippen molar-refractivity contribution in [2.24, 2.45) is 5.73 Å². The maximum absolute atomic E-state index is 10.8. The van der Waals surface area contributed by atoms with Crippen LogP contribution in [0.2, 0.25) is 0 Å². The second-order valence-corrected chi connectivity index (χ2v) is 2.02. The Morgan fingerprint density at radius 1 is 1.90 bits per heavy atom. The molecule has 2 N–H and O–H groups in total. The van der Waals surface area contributed by atoms with Crippen LogP contribution in [0.1, 0.15) is 0 Å². The zero-order chi connectivity index (χ0) is 7.56. The van der Waals surface area contributed by atoms with E-state index in [1.807, 2.05) is 0 Å². The largest absolute Gasteiger partial charge is 0.458 e. The molecule has 0 saturated carbocycles. The molecule has 0 aromatic carbocycles. The van der Waals surface area contributed by atoms with Gasteiger partial charge in [-0.3, -0.25) is 0 Å². The lowest BCUT2D eigenvalue weighted by atomic mass is 10.1. The van der Waals surface area contributed by atoms with Gasteiger partial charge in [0, 0.05) is 0 Å². The molecule has 1 unspecified atom stereocenters. The first-order valence-electron chi connectivity index (χ1n) is 3.01. The molecule has 0 bridgehead atoms. The molecule has 1 aliphatic heterocycles. The van der Waals surface area contributed by atoms with E-state index in [2.05, 4.69) is 11.3 Å². The van der Waals surface area contributed by atoms with Crippen molar-refractivity contribution in [3.05, 3.63) is 24.3 Å². The number of hydrogen-bond acceptors (Lipinski definition) is 3. The third-order valence-corrected chi connectivity index (χ3v) is 1.37. The SMILES string of the molecule is C=CC(N)C1=CCOC1=O. The van der Waals surface area contributed by atoms with E-state index in [9.17, 15) is 4.79 Å². The van der Waals surface area contributed by atoms with Crippen molar-refractivity contribution in [2.75, 3.05) is 6.61 Å². The van der Waals surface area contributed by atoms with Crippen molar-refractivity contribution in [1.29, 1.82) is 0 Å². The molecule has 3 nitrogen and oxygen atoms in total. The van der Waals surface area contributed by atoms with Crippen LogP contribution >= 0.6 is 0 Å². The fourth-order valence-electron chi connectivity index (χ4n) is 0.773. The number of esters is 1. The summed E-state index contributed by atoms with van der Waals surface area (Å²) in [7, 11) is 0. The lowest BCUT2D eigenvalue weighted by molar-refractivity contribution is -0.136. The smallest absolute Gasteiger partial charge is 0.336 e. The maximum atomic E-state index is 10.8. The van der Waals surface area contributed by atoms with Crippen molar-refractivity contribution in [1.82, 2.24) is 0 Å². The van der Waals surface area contributed by atoms with Gasteiger partial charge in [0.05, 0.1) is 11.6 Å². The molecule has 54 valence electrons. The van der Waals surface area contributed by atoms with E-state index in [4.69, 9.17) is 5.73 Å². The van der Waals surface area contributed by atoms with Crippen molar-refractivity contribution < 1.29 is 9.53 Å². The summed E-state index contributed by atoms with van der Waals surface area (Å²) < 4.78 is 4.63. The molecule has 0 aliphatic carbocycles. The van der Waals surface area contributed by atoms with Gasteiger partial charge in [0.2, 0.25) is 0 Å². The van der Waals surface area contributed by atoms with Crippen molar-refractivity contribution in [2.45, 2.75) is 6.04 Å². The minimum Gasteiger partial charge on any atom is -0.458 e. The molecular formula is C7H9NO2. The number of ether oxygens (including phenoxy) is 1. The Morgan fingerprint density at radius 3 is 3.00 bits per heavy atom. The molecule has 0 amide bonds. The van der Waals surface area contributed by atoms with E-state index in [0.29, 0.717) is 12.2 Å². The first-order chi connectivity index (χ1) is 4.75. The zero-order valence-electron chi connectivity index (χ0n) is 5.54. The fourth-order valence-corrected chi connectivity index (χ4v) is 0.773. The lowest BCUT2D eigenvalue weighted by Crippen LogP contribution is -2.23. The number of carbonyl (C=O) groups excluding carboxylic acids is 1. The van der Waals surface area contributed by atoms with Crippen LogP contribution in [0.5, 0.6) is 0 Å². The first kappa shape index (κ1) is 7.02. The van der Waals surface area contributed by atoms with E-state index in [1.165, 1.54) is 6.08 Å². The number of nitrogens with two attached hydrogens (primary N) is 1. The lowest BCUT2D eigenvalue weighted by Gasteiger charge is -2.02. The van der Waals surface area contributed by atoms with Gasteiger partial charge in [-0.25, -0.2) is 4.79 Å². The molecule has 10 heavy (non-hydrogen) atoms. The molecular weight excluding hydrogens is 130 g/mol. The highest BCUT2D eigenvalue weighted by molar-refractivity contribution is 5.92. The molecule has 0 radical (unpaired) electrons. The molecule has 1 aliphatic rings. The van der Waals surface area contributed by atoms with Gasteiger partial charge in [-0.1, -0.05) is 6.08 Å². The Kier molecular flexibility index (Phi) is 1.87. The zero-order valence-corrected chi connectivity index (χ0v) is 5.54. The average molecular weight is 139 g/mol. The third-order valence-electron chi connectivity index (χ3n) is 1.37. The molecule has 1 rings (SSSR count). The second-order valence-electron chi connectivity index (χ2n) is 2.02. The van der Waals surface area contributed by atoms with E-state index in [1.54, 1.807) is 6.08 Å². The van der Waals surface area contributed by atoms with E-state index < -0.39 is 0 Å². The Balaban J connectivity index is 2.71. The summed E-state index contributed by atoms with van der Waals surface area (Å²) in [5, 5.41) is 0. The normalized spacial score (nSPS) is 19.7. The second kappa shape index (κ2) is 2.66. The van der Waals surface area contributed by atoms with Crippen LogP contribution in [0.3, 0.4) is 0 Å². The topological polar surface area (TPSA) is 52.3 Å². The summed E-state index contributed by atoms with van der Waals surface area (Å²) in [6, 6.07) is -0.380. The molecule has 1 atom stereocenters. The summed E-state index contributed by atoms with van der Waals surface area (Å²) in [6.07, 6.45) is 3.19. The summed E-state index contributed by atoms with van der Waals surface area (Å²) in [5.41, 5.74) is 5.99. The van der Waals surface area contributed by atoms with Gasteiger partial charge >= 0.3 is 5.97 Å². The fraction of sp³-hybridized carbons (Fsp3) is 0.286. The van der Waals surface area contributed by atoms with Crippen LogP contribution in [0, 0.1) is 0 Å². The average Bonchev–Trinajstić information content (AvgIpc) is 2.34. The van der Waals surface area contributed by atoms with Crippen molar-refractivity contribution in [3.8, 4) is 0 Å². The van der Waals surface area contributed by atoms with Gasteiger partial charge in [-0.15, -0.1) is 6.58 Å². The van der Waals surface area contributed by atoms with Gasteiger partial charge in [0.15, 0.2) is 0 Å². The van der Waals surface area contributed by atoms with E-state index in [0.717, 1.165) is 0 Å². The van der Waals surface area contributed by atoms with Crippen LogP contribution in [0.15, 0.2) is 24.3 Å². The summed E-state index contributed by atoms with van der Waals surface area (Å²) in [5.74, 6) is -0.326. The Bertz CT molecular complexity index is 196. The Labute approximate surface area is 59.2 Å². The molecule has 0 saturated heterocycles. The number of carbonyl (C=O) groups is 1. The highest BCUT2D eigenvalue weighted by Crippen LogP contribution is 2.09. The monoisotopic (exact) mass is 139 g/mol. The van der Waals surface area contributed by atoms with Crippen LogP contribution in [-0.2, 0) is 9.53 Å². The predicted molar refractivity (Wildman–Crippen MR) is 37.2 cm³/mol. The standard InChI is InChI=1S/C7H9NO2/c1-2-6(8)5-3-4-10-7(5)9/h2-3,6H,1,4,8H2. The molecule has 1 heterocycles. The highest BCUT2D eigenvalue weighted by atomic mass is 16.5. The number of cyclic esters (lactones) is 1. The van der Waals surface area contributed by atoms with Gasteiger partial charge in [0.1, 0.15) is 6.61 Å². The Morgan fingerprint density at radius 2 is 2.60 bits per heavy atom. The van der Waals surface area contributed by atoms with Crippen LogP contribution in [-0.4, -0.2) is 18.6 Å². The van der Waals surface area contributed by atoms with Gasteiger partial charge < -0.3 is 10.5 Å². The minimum absolute atomic E-state index is 0.326. The van der Waals surface area contributed by atoms with Crippen LogP contribution in [0.25, 0.3) is 0 Å². The summed E-state index contributed by atoms with van der Waals surface area (Å²) in [6.45, 7) is 3.81. The molecule has 3 heteroatoms. The van der Waals surface area contributed by atoms with Crippen molar-refractivity contribution in [3.63, 3.8) is 0 Å². The maximum Gasteiger partial charge on any atom is 0.336 e. The molecule has 0 aromatic rings. The van der Waals surface area contributed by atoms with Crippen LogP contribution < -0.4 is 5.73 Å². The van der Waals surface area contributed by atoms with Gasteiger partial charge in [-0.2, -0.15) is 0 Å². The summed E-state index contributed by atoms with van der Waals surface area (Å²) in [4.78, 5) is 10.8. The Hall–Kier alpha value is -1.09. The van der Waals surface area contributed by atoms with E-state index in [-0.39, 0.29) is 12.0 Å². The van der Waals surface area contributed by atoms with Gasteiger partial charge in [0.25, 0.3) is 0 Å². The number of hydrogen-bond donors (Lipinski definition) is 1. The van der Waals surface area contributed by atoms with Crippen molar-refractivity contribution >= 4 is 5.97 Å². The molecule has 0 aromatic heterocycles. The first-order valence-corrected chi connectivity index (χ1v) is 3.01. The summed E-state index contributed by atoms with van der Waals surface area (Å²) >= 11 is 0. The third kappa shape index (κ3) is 1.09. The van der Waals surface area contributed by atoms with Gasteiger partial charge in [-0.05, 0) is 6.08 Å². The predicted octanol–water partition coefficient (Wildman–Crippen LogP) is -0.0171. The highest BCUT2D eigenvalue weighted by Gasteiger charge is 2.20. The quantitative estimate of drug-likeness (QED) is 0.432.